The molecule has 2 atom stereocenters. The standard InChI is InChI=1S/C15H20Br2N2O/c1-2-10-5-6-19(12(7-10)9-18)15(20)13-8-11(16)3-4-14(13)17/h3-4,8,10,12H,2,5-7,9,18H2,1H3. The van der Waals surface area contributed by atoms with Crippen molar-refractivity contribution in [3.63, 3.8) is 0 Å². The maximum absolute atomic E-state index is 12.8. The van der Waals surface area contributed by atoms with E-state index >= 15 is 0 Å². The van der Waals surface area contributed by atoms with Gasteiger partial charge in [0.05, 0.1) is 5.56 Å². The zero-order valence-electron chi connectivity index (χ0n) is 11.6. The number of piperidine rings is 1. The van der Waals surface area contributed by atoms with Crippen LogP contribution >= 0.6 is 31.9 Å². The van der Waals surface area contributed by atoms with Gasteiger partial charge in [-0.2, -0.15) is 0 Å². The van der Waals surface area contributed by atoms with Crippen molar-refractivity contribution in [2.45, 2.75) is 32.2 Å². The summed E-state index contributed by atoms with van der Waals surface area (Å²) in [5, 5.41) is 0. The summed E-state index contributed by atoms with van der Waals surface area (Å²) in [4.78, 5) is 14.7. The molecule has 1 aromatic rings. The molecule has 0 radical (unpaired) electrons. The summed E-state index contributed by atoms with van der Waals surface area (Å²) in [6, 6.07) is 5.84. The second kappa shape index (κ2) is 7.05. The van der Waals surface area contributed by atoms with Gasteiger partial charge in [0.25, 0.3) is 5.91 Å². The van der Waals surface area contributed by atoms with E-state index in [1.807, 2.05) is 23.1 Å². The van der Waals surface area contributed by atoms with Gasteiger partial charge in [-0.3, -0.25) is 4.79 Å². The Hall–Kier alpha value is -0.390. The van der Waals surface area contributed by atoms with E-state index in [2.05, 4.69) is 38.8 Å². The van der Waals surface area contributed by atoms with Crippen LogP contribution < -0.4 is 5.73 Å². The molecule has 1 amide bonds. The van der Waals surface area contributed by atoms with Gasteiger partial charge in [-0.25, -0.2) is 0 Å². The predicted molar refractivity (Wildman–Crippen MR) is 88.7 cm³/mol. The van der Waals surface area contributed by atoms with E-state index in [-0.39, 0.29) is 11.9 Å². The molecule has 3 nitrogen and oxygen atoms in total. The average Bonchev–Trinajstić information content (AvgIpc) is 2.48. The highest BCUT2D eigenvalue weighted by molar-refractivity contribution is 9.11. The molecule has 0 spiro atoms. The predicted octanol–water partition coefficient (Wildman–Crippen LogP) is 3.80. The third-order valence-corrected chi connectivity index (χ3v) is 5.28. The topological polar surface area (TPSA) is 46.3 Å². The van der Waals surface area contributed by atoms with Crippen molar-refractivity contribution in [2.24, 2.45) is 11.7 Å². The van der Waals surface area contributed by atoms with Crippen molar-refractivity contribution < 1.29 is 4.79 Å². The van der Waals surface area contributed by atoms with Crippen LogP contribution in [0.4, 0.5) is 0 Å². The number of likely N-dealkylation sites (tertiary alicyclic amines) is 1. The molecule has 110 valence electrons. The number of carbonyl (C=O) groups is 1. The van der Waals surface area contributed by atoms with Crippen LogP contribution in [0.15, 0.2) is 27.1 Å². The van der Waals surface area contributed by atoms with Crippen molar-refractivity contribution in [1.82, 2.24) is 4.90 Å². The van der Waals surface area contributed by atoms with Crippen molar-refractivity contribution in [2.75, 3.05) is 13.1 Å². The molecule has 1 fully saturated rings. The number of benzene rings is 1. The summed E-state index contributed by atoms with van der Waals surface area (Å²) in [6.07, 6.45) is 3.26. The maximum atomic E-state index is 12.8. The van der Waals surface area contributed by atoms with E-state index in [1.165, 1.54) is 6.42 Å². The third-order valence-electron chi connectivity index (χ3n) is 4.09. The number of hydrogen-bond donors (Lipinski definition) is 1. The monoisotopic (exact) mass is 402 g/mol. The number of amides is 1. The van der Waals surface area contributed by atoms with E-state index in [4.69, 9.17) is 5.73 Å². The van der Waals surface area contributed by atoms with Gasteiger partial charge in [-0.15, -0.1) is 0 Å². The van der Waals surface area contributed by atoms with Crippen molar-refractivity contribution in [3.8, 4) is 0 Å². The van der Waals surface area contributed by atoms with Crippen molar-refractivity contribution >= 4 is 37.8 Å². The van der Waals surface area contributed by atoms with Crippen LogP contribution in [0, 0.1) is 5.92 Å². The number of halogens is 2. The van der Waals surface area contributed by atoms with Crippen LogP contribution in [-0.4, -0.2) is 29.9 Å². The minimum absolute atomic E-state index is 0.0724. The third kappa shape index (κ3) is 3.43. The van der Waals surface area contributed by atoms with Gasteiger partial charge in [0.2, 0.25) is 0 Å². The molecule has 1 aliphatic heterocycles. The second-order valence-electron chi connectivity index (χ2n) is 5.31. The Bertz CT molecular complexity index is 493. The summed E-state index contributed by atoms with van der Waals surface area (Å²) < 4.78 is 1.75. The van der Waals surface area contributed by atoms with Gasteiger partial charge in [-0.1, -0.05) is 29.3 Å². The molecule has 20 heavy (non-hydrogen) atoms. The Labute approximate surface area is 137 Å². The van der Waals surface area contributed by atoms with Gasteiger partial charge >= 0.3 is 0 Å². The fourth-order valence-electron chi connectivity index (χ4n) is 2.81. The Morgan fingerprint density at radius 1 is 1.45 bits per heavy atom. The zero-order chi connectivity index (χ0) is 14.7. The first-order valence-electron chi connectivity index (χ1n) is 7.02. The molecule has 0 saturated carbocycles. The lowest BCUT2D eigenvalue weighted by Gasteiger charge is -2.39. The van der Waals surface area contributed by atoms with Gasteiger partial charge in [0, 0.05) is 28.1 Å². The summed E-state index contributed by atoms with van der Waals surface area (Å²) in [6.45, 7) is 3.55. The van der Waals surface area contributed by atoms with Crippen LogP contribution in [0.5, 0.6) is 0 Å². The summed E-state index contributed by atoms with van der Waals surface area (Å²) >= 11 is 6.89. The van der Waals surface area contributed by atoms with Crippen LogP contribution in [0.25, 0.3) is 0 Å². The number of carbonyl (C=O) groups excluding carboxylic acids is 1. The molecule has 0 bridgehead atoms. The minimum Gasteiger partial charge on any atom is -0.334 e. The first-order chi connectivity index (χ1) is 9.56. The highest BCUT2D eigenvalue weighted by atomic mass is 79.9. The van der Waals surface area contributed by atoms with E-state index in [1.54, 1.807) is 0 Å². The molecule has 2 rings (SSSR count). The fraction of sp³-hybridized carbons (Fsp3) is 0.533. The van der Waals surface area contributed by atoms with E-state index in [9.17, 15) is 4.79 Å². The fourth-order valence-corrected chi connectivity index (χ4v) is 3.59. The van der Waals surface area contributed by atoms with Gasteiger partial charge in [-0.05, 0) is 52.9 Å². The Morgan fingerprint density at radius 3 is 2.85 bits per heavy atom. The molecule has 2 unspecified atom stereocenters. The first-order valence-corrected chi connectivity index (χ1v) is 8.61. The summed E-state index contributed by atoms with van der Waals surface area (Å²) in [5.74, 6) is 0.765. The van der Waals surface area contributed by atoms with Crippen molar-refractivity contribution in [3.05, 3.63) is 32.7 Å². The lowest BCUT2D eigenvalue weighted by molar-refractivity contribution is 0.0557. The van der Waals surface area contributed by atoms with Gasteiger partial charge in [0.15, 0.2) is 0 Å². The molecule has 0 aromatic heterocycles. The van der Waals surface area contributed by atoms with Crippen LogP contribution in [-0.2, 0) is 0 Å². The number of rotatable bonds is 3. The van der Waals surface area contributed by atoms with Gasteiger partial charge < -0.3 is 10.6 Å². The van der Waals surface area contributed by atoms with E-state index in [0.717, 1.165) is 28.3 Å². The molecule has 1 aliphatic rings. The Kier molecular flexibility index (Phi) is 5.64. The Morgan fingerprint density at radius 2 is 2.20 bits per heavy atom. The molecule has 1 heterocycles. The van der Waals surface area contributed by atoms with E-state index in [0.29, 0.717) is 18.0 Å². The normalized spacial score (nSPS) is 22.9. The zero-order valence-corrected chi connectivity index (χ0v) is 14.8. The van der Waals surface area contributed by atoms with Crippen LogP contribution in [0.3, 0.4) is 0 Å². The van der Waals surface area contributed by atoms with Crippen LogP contribution in [0.1, 0.15) is 36.5 Å². The first kappa shape index (κ1) is 16.0. The second-order valence-corrected chi connectivity index (χ2v) is 7.08. The minimum atomic E-state index is 0.0724. The summed E-state index contributed by atoms with van der Waals surface area (Å²) in [5.41, 5.74) is 6.58. The number of hydrogen-bond acceptors (Lipinski definition) is 2. The molecular formula is C15H20Br2N2O. The highest BCUT2D eigenvalue weighted by Crippen LogP contribution is 2.29. The number of nitrogens with zero attached hydrogens (tertiary/aromatic N) is 1. The van der Waals surface area contributed by atoms with Crippen LogP contribution in [0.2, 0.25) is 0 Å². The molecule has 5 heteroatoms. The quantitative estimate of drug-likeness (QED) is 0.834. The van der Waals surface area contributed by atoms with Crippen molar-refractivity contribution in [1.29, 1.82) is 0 Å². The maximum Gasteiger partial charge on any atom is 0.255 e. The Balaban J connectivity index is 2.21. The molecule has 2 N–H and O–H groups in total. The molecule has 1 aromatic carbocycles. The largest absolute Gasteiger partial charge is 0.334 e. The lowest BCUT2D eigenvalue weighted by atomic mass is 9.88. The van der Waals surface area contributed by atoms with Gasteiger partial charge in [0.1, 0.15) is 0 Å². The smallest absolute Gasteiger partial charge is 0.255 e. The molecule has 1 saturated heterocycles. The van der Waals surface area contributed by atoms with E-state index < -0.39 is 0 Å². The molecule has 0 aliphatic carbocycles. The SMILES string of the molecule is CCC1CCN(C(=O)c2cc(Br)ccc2Br)C(CN)C1. The number of nitrogens with two attached hydrogens (primary N) is 1. The lowest BCUT2D eigenvalue weighted by Crippen LogP contribution is -2.49. The molecular weight excluding hydrogens is 384 g/mol. The highest BCUT2D eigenvalue weighted by Gasteiger charge is 2.31. The average molecular weight is 404 g/mol. The summed E-state index contributed by atoms with van der Waals surface area (Å²) in [7, 11) is 0.